The summed E-state index contributed by atoms with van der Waals surface area (Å²) in [5.41, 5.74) is 0.523. The SMILES string of the molecule is COc1ccc(NC(=O)C2CCN(S(=O)(=O)c3cc(F)ccc3F)CC2)cc1OC. The highest BCUT2D eigenvalue weighted by atomic mass is 32.2. The summed E-state index contributed by atoms with van der Waals surface area (Å²) >= 11 is 0. The van der Waals surface area contributed by atoms with E-state index in [0.29, 0.717) is 23.3 Å². The van der Waals surface area contributed by atoms with E-state index < -0.39 is 32.5 Å². The summed E-state index contributed by atoms with van der Waals surface area (Å²) < 4.78 is 64.1. The number of nitrogens with zero attached hydrogens (tertiary/aromatic N) is 1. The molecule has 1 saturated heterocycles. The predicted octanol–water partition coefficient (Wildman–Crippen LogP) is 3.02. The monoisotopic (exact) mass is 440 g/mol. The van der Waals surface area contributed by atoms with E-state index in [1.807, 2.05) is 0 Å². The molecular weight excluding hydrogens is 418 g/mol. The maximum Gasteiger partial charge on any atom is 0.246 e. The number of anilines is 1. The molecule has 0 aliphatic carbocycles. The summed E-state index contributed by atoms with van der Waals surface area (Å²) in [7, 11) is -1.19. The van der Waals surface area contributed by atoms with Crippen LogP contribution in [0.1, 0.15) is 12.8 Å². The zero-order valence-corrected chi connectivity index (χ0v) is 17.3. The van der Waals surface area contributed by atoms with Gasteiger partial charge in [-0.05, 0) is 43.2 Å². The molecule has 0 aromatic heterocycles. The van der Waals surface area contributed by atoms with Gasteiger partial charge in [-0.3, -0.25) is 4.79 Å². The first-order valence-electron chi connectivity index (χ1n) is 9.24. The lowest BCUT2D eigenvalue weighted by atomic mass is 9.97. The van der Waals surface area contributed by atoms with E-state index >= 15 is 0 Å². The quantitative estimate of drug-likeness (QED) is 0.747. The third-order valence-electron chi connectivity index (χ3n) is 4.99. The third kappa shape index (κ3) is 4.54. The van der Waals surface area contributed by atoms with Crippen molar-refractivity contribution in [2.45, 2.75) is 17.7 Å². The number of sulfonamides is 1. The molecule has 10 heteroatoms. The van der Waals surface area contributed by atoms with Crippen LogP contribution in [-0.4, -0.2) is 45.9 Å². The molecule has 1 amide bonds. The van der Waals surface area contributed by atoms with E-state index in [1.54, 1.807) is 18.2 Å². The molecule has 0 radical (unpaired) electrons. The molecule has 0 spiro atoms. The molecule has 1 aliphatic rings. The summed E-state index contributed by atoms with van der Waals surface area (Å²) in [5.74, 6) is -1.52. The Hall–Kier alpha value is -2.72. The minimum atomic E-state index is -4.18. The second kappa shape index (κ2) is 8.97. The number of hydrogen-bond donors (Lipinski definition) is 1. The zero-order valence-electron chi connectivity index (χ0n) is 16.5. The normalized spacial score (nSPS) is 15.6. The van der Waals surface area contributed by atoms with Gasteiger partial charge < -0.3 is 14.8 Å². The highest BCUT2D eigenvalue weighted by molar-refractivity contribution is 7.89. The van der Waals surface area contributed by atoms with Gasteiger partial charge in [0, 0.05) is 30.8 Å². The van der Waals surface area contributed by atoms with E-state index in [-0.39, 0.29) is 31.8 Å². The van der Waals surface area contributed by atoms with Gasteiger partial charge in [-0.15, -0.1) is 0 Å². The van der Waals surface area contributed by atoms with Crippen LogP contribution in [0.2, 0.25) is 0 Å². The Morgan fingerprint density at radius 3 is 2.33 bits per heavy atom. The maximum absolute atomic E-state index is 13.9. The molecule has 1 aliphatic heterocycles. The first-order chi connectivity index (χ1) is 14.3. The highest BCUT2D eigenvalue weighted by Crippen LogP contribution is 2.31. The molecule has 0 atom stereocenters. The Morgan fingerprint density at radius 2 is 1.70 bits per heavy atom. The molecule has 2 aromatic carbocycles. The van der Waals surface area contributed by atoms with Gasteiger partial charge in [0.25, 0.3) is 0 Å². The molecule has 3 rings (SSSR count). The fraction of sp³-hybridized carbons (Fsp3) is 0.350. The van der Waals surface area contributed by atoms with Gasteiger partial charge in [-0.2, -0.15) is 4.31 Å². The number of rotatable bonds is 6. The lowest BCUT2D eigenvalue weighted by Crippen LogP contribution is -2.41. The van der Waals surface area contributed by atoms with Crippen LogP contribution in [0, 0.1) is 17.6 Å². The maximum atomic E-state index is 13.9. The van der Waals surface area contributed by atoms with Crippen LogP contribution in [-0.2, 0) is 14.8 Å². The van der Waals surface area contributed by atoms with Crippen molar-refractivity contribution in [2.75, 3.05) is 32.6 Å². The zero-order chi connectivity index (χ0) is 21.9. The topological polar surface area (TPSA) is 84.9 Å². The fourth-order valence-corrected chi connectivity index (χ4v) is 4.88. The van der Waals surface area contributed by atoms with Gasteiger partial charge >= 0.3 is 0 Å². The van der Waals surface area contributed by atoms with E-state index in [0.717, 1.165) is 16.4 Å². The molecule has 1 heterocycles. The summed E-state index contributed by atoms with van der Waals surface area (Å²) in [4.78, 5) is 11.9. The van der Waals surface area contributed by atoms with E-state index in [9.17, 15) is 22.0 Å². The third-order valence-corrected chi connectivity index (χ3v) is 6.90. The second-order valence-electron chi connectivity index (χ2n) is 6.81. The first-order valence-corrected chi connectivity index (χ1v) is 10.7. The van der Waals surface area contributed by atoms with Gasteiger partial charge in [0.15, 0.2) is 11.5 Å². The summed E-state index contributed by atoms with van der Waals surface area (Å²) in [6.45, 7) is 0.0601. The number of piperidine rings is 1. The minimum absolute atomic E-state index is 0.0301. The van der Waals surface area contributed by atoms with Crippen LogP contribution in [0.5, 0.6) is 11.5 Å². The minimum Gasteiger partial charge on any atom is -0.493 e. The van der Waals surface area contributed by atoms with Crippen molar-refractivity contribution in [1.29, 1.82) is 0 Å². The molecule has 0 bridgehead atoms. The van der Waals surface area contributed by atoms with Crippen LogP contribution in [0.3, 0.4) is 0 Å². The van der Waals surface area contributed by atoms with Gasteiger partial charge in [-0.1, -0.05) is 0 Å². The van der Waals surface area contributed by atoms with Crippen LogP contribution in [0.25, 0.3) is 0 Å². The second-order valence-corrected chi connectivity index (χ2v) is 8.72. The van der Waals surface area contributed by atoms with Gasteiger partial charge in [0.2, 0.25) is 15.9 Å². The number of hydrogen-bond acceptors (Lipinski definition) is 5. The number of carbonyl (C=O) groups is 1. The molecule has 30 heavy (non-hydrogen) atoms. The smallest absolute Gasteiger partial charge is 0.246 e. The van der Waals surface area contributed by atoms with Crippen molar-refractivity contribution >= 4 is 21.6 Å². The summed E-state index contributed by atoms with van der Waals surface area (Å²) in [6, 6.07) is 7.27. The average molecular weight is 440 g/mol. The number of carbonyl (C=O) groups excluding carboxylic acids is 1. The van der Waals surface area contributed by atoms with E-state index in [2.05, 4.69) is 5.32 Å². The highest BCUT2D eigenvalue weighted by Gasteiger charge is 2.33. The van der Waals surface area contributed by atoms with Crippen molar-refractivity contribution < 1.29 is 31.5 Å². The number of benzene rings is 2. The molecule has 7 nitrogen and oxygen atoms in total. The Labute approximate surface area is 173 Å². The van der Waals surface area contributed by atoms with Crippen molar-refractivity contribution in [2.24, 2.45) is 5.92 Å². The van der Waals surface area contributed by atoms with Crippen molar-refractivity contribution in [3.8, 4) is 11.5 Å². The van der Waals surface area contributed by atoms with Crippen LogP contribution in [0.4, 0.5) is 14.5 Å². The summed E-state index contributed by atoms with van der Waals surface area (Å²) in [5, 5.41) is 2.79. The fourth-order valence-electron chi connectivity index (χ4n) is 3.33. The number of methoxy groups -OCH3 is 2. The molecule has 2 aromatic rings. The number of amides is 1. The largest absolute Gasteiger partial charge is 0.493 e. The Kier molecular flexibility index (Phi) is 6.57. The van der Waals surface area contributed by atoms with Gasteiger partial charge in [-0.25, -0.2) is 17.2 Å². The average Bonchev–Trinajstić information content (AvgIpc) is 2.75. The predicted molar refractivity (Wildman–Crippen MR) is 106 cm³/mol. The molecule has 1 N–H and O–H groups in total. The number of nitrogens with one attached hydrogen (secondary N) is 1. The number of ether oxygens (including phenoxy) is 2. The Bertz CT molecular complexity index is 1040. The van der Waals surface area contributed by atoms with E-state index in [1.165, 1.54) is 14.2 Å². The van der Waals surface area contributed by atoms with Gasteiger partial charge in [0.1, 0.15) is 16.5 Å². The lowest BCUT2D eigenvalue weighted by Gasteiger charge is -2.30. The molecule has 162 valence electrons. The van der Waals surface area contributed by atoms with Crippen LogP contribution >= 0.6 is 0 Å². The molecule has 1 fully saturated rings. The van der Waals surface area contributed by atoms with Crippen molar-refractivity contribution in [3.05, 3.63) is 48.0 Å². The first kappa shape index (κ1) is 22.0. The standard InChI is InChI=1S/C20H22F2N2O5S/c1-28-17-6-4-15(12-18(17)29-2)23-20(25)13-7-9-24(10-8-13)30(26,27)19-11-14(21)3-5-16(19)22/h3-6,11-13H,7-10H2,1-2H3,(H,23,25). The Morgan fingerprint density at radius 1 is 1.03 bits per heavy atom. The van der Waals surface area contributed by atoms with E-state index in [4.69, 9.17) is 9.47 Å². The Balaban J connectivity index is 1.65. The van der Waals surface area contributed by atoms with Crippen molar-refractivity contribution in [3.63, 3.8) is 0 Å². The lowest BCUT2D eigenvalue weighted by molar-refractivity contribution is -0.120. The molecule has 0 unspecified atom stereocenters. The number of halogens is 2. The van der Waals surface area contributed by atoms with Crippen LogP contribution in [0.15, 0.2) is 41.3 Å². The summed E-state index contributed by atoms with van der Waals surface area (Å²) in [6.07, 6.45) is 0.518. The molecular formula is C20H22F2N2O5S. The van der Waals surface area contributed by atoms with Crippen molar-refractivity contribution in [1.82, 2.24) is 4.31 Å². The molecule has 0 saturated carbocycles. The van der Waals surface area contributed by atoms with Crippen LogP contribution < -0.4 is 14.8 Å². The van der Waals surface area contributed by atoms with Gasteiger partial charge in [0.05, 0.1) is 14.2 Å².